The van der Waals surface area contributed by atoms with Gasteiger partial charge in [0.1, 0.15) is 22.7 Å². The lowest BCUT2D eigenvalue weighted by Crippen LogP contribution is -2.57. The molecule has 13 heteroatoms. The van der Waals surface area contributed by atoms with E-state index in [0.29, 0.717) is 34.3 Å². The van der Waals surface area contributed by atoms with Crippen molar-refractivity contribution in [2.24, 2.45) is 0 Å². The number of carbonyl (C=O) groups is 2. The number of anilines is 1. The molecule has 0 unspecified atom stereocenters. The Morgan fingerprint density at radius 3 is 2.38 bits per heavy atom. The first-order valence-corrected chi connectivity index (χ1v) is 16.7. The molecule has 1 aliphatic rings. The van der Waals surface area contributed by atoms with Gasteiger partial charge in [-0.05, 0) is 60.5 Å². The van der Waals surface area contributed by atoms with Crippen molar-refractivity contribution in [1.82, 2.24) is 20.6 Å². The Bertz CT molecular complexity index is 2080. The number of hydrogen-bond donors (Lipinski definition) is 4. The molecule has 2 amide bonds. The van der Waals surface area contributed by atoms with Gasteiger partial charge in [0.05, 0.1) is 23.1 Å². The molecule has 2 heterocycles. The maximum Gasteiger partial charge on any atom is 0.255 e. The third-order valence-electron chi connectivity index (χ3n) is 8.08. The Morgan fingerprint density at radius 1 is 1.00 bits per heavy atom. The summed E-state index contributed by atoms with van der Waals surface area (Å²) in [5.41, 5.74) is 1.25. The lowest BCUT2D eigenvalue weighted by atomic mass is 9.73. The third-order valence-corrected chi connectivity index (χ3v) is 9.55. The second-order valence-electron chi connectivity index (χ2n) is 11.5. The molecule has 6 rings (SSSR count). The average Bonchev–Trinajstić information content (AvgIpc) is 3.42. The number of sulfonamides is 1. The molecule has 0 atom stereocenters. The summed E-state index contributed by atoms with van der Waals surface area (Å²) in [6.07, 6.45) is 3.41. The van der Waals surface area contributed by atoms with Crippen LogP contribution in [0.2, 0.25) is 0 Å². The molecule has 242 valence electrons. The van der Waals surface area contributed by atoms with Crippen LogP contribution >= 0.6 is 0 Å². The van der Waals surface area contributed by atoms with Crippen LogP contribution in [0.25, 0.3) is 33.4 Å². The number of carbonyl (C=O) groups excluding carboxylic acids is 2. The van der Waals surface area contributed by atoms with Crippen LogP contribution in [0.5, 0.6) is 0 Å². The fourth-order valence-electron chi connectivity index (χ4n) is 5.86. The Labute approximate surface area is 270 Å². The van der Waals surface area contributed by atoms with E-state index >= 15 is 0 Å². The van der Waals surface area contributed by atoms with Crippen LogP contribution in [0.15, 0.2) is 83.5 Å². The highest BCUT2D eigenvalue weighted by molar-refractivity contribution is 7.92. The molecule has 0 radical (unpaired) electrons. The Morgan fingerprint density at radius 2 is 1.72 bits per heavy atom. The SMILES string of the molecule is CCCS(=O)(=O)Nc1cc2oc(-c3ccc(F)cc3)c(C(=O)NC)c2cc1-c1cccc(C(=O)NC2(c3ncccn3)CC(O)C2)c1. The molecule has 0 spiro atoms. The number of aliphatic hydroxyl groups excluding tert-OH is 1. The van der Waals surface area contributed by atoms with Crippen molar-refractivity contribution in [3.05, 3.63) is 102 Å². The smallest absolute Gasteiger partial charge is 0.255 e. The largest absolute Gasteiger partial charge is 0.455 e. The molecule has 4 N–H and O–H groups in total. The highest BCUT2D eigenvalue weighted by Gasteiger charge is 2.48. The average molecular weight is 658 g/mol. The van der Waals surface area contributed by atoms with Crippen LogP contribution in [-0.4, -0.2) is 54.2 Å². The number of rotatable bonds is 10. The second kappa shape index (κ2) is 12.6. The first kappa shape index (κ1) is 31.8. The zero-order chi connectivity index (χ0) is 33.3. The Hall–Kier alpha value is -5.14. The minimum absolute atomic E-state index is 0.134. The molecule has 1 saturated carbocycles. The summed E-state index contributed by atoms with van der Waals surface area (Å²) in [6, 6.07) is 16.9. The van der Waals surface area contributed by atoms with Crippen LogP contribution < -0.4 is 15.4 Å². The van der Waals surface area contributed by atoms with Crippen LogP contribution in [0.3, 0.4) is 0 Å². The van der Waals surface area contributed by atoms with Gasteiger partial charge in [0, 0.05) is 60.4 Å². The van der Waals surface area contributed by atoms with Gasteiger partial charge < -0.3 is 20.2 Å². The molecule has 11 nitrogen and oxygen atoms in total. The third kappa shape index (κ3) is 6.31. The number of furan rings is 1. The van der Waals surface area contributed by atoms with E-state index in [1.807, 2.05) is 0 Å². The van der Waals surface area contributed by atoms with Crippen LogP contribution in [0, 0.1) is 5.82 Å². The molecule has 1 aliphatic carbocycles. The highest BCUT2D eigenvalue weighted by atomic mass is 32.2. The zero-order valence-electron chi connectivity index (χ0n) is 25.6. The summed E-state index contributed by atoms with van der Waals surface area (Å²) in [5, 5.41) is 16.1. The van der Waals surface area contributed by atoms with E-state index in [1.54, 1.807) is 55.7 Å². The molecule has 5 aromatic rings. The Balaban J connectivity index is 1.47. The fourth-order valence-corrected chi connectivity index (χ4v) is 7.00. The second-order valence-corrected chi connectivity index (χ2v) is 13.3. The van der Waals surface area contributed by atoms with E-state index in [1.165, 1.54) is 37.4 Å². The summed E-state index contributed by atoms with van der Waals surface area (Å²) in [6.45, 7) is 1.75. The molecule has 0 bridgehead atoms. The number of halogens is 1. The van der Waals surface area contributed by atoms with Gasteiger partial charge in [0.2, 0.25) is 10.0 Å². The maximum atomic E-state index is 13.7. The summed E-state index contributed by atoms with van der Waals surface area (Å²) >= 11 is 0. The number of benzene rings is 3. The number of aromatic nitrogens is 2. The molecule has 2 aromatic heterocycles. The van der Waals surface area contributed by atoms with Crippen LogP contribution in [0.4, 0.5) is 10.1 Å². The minimum atomic E-state index is -3.78. The van der Waals surface area contributed by atoms with Crippen molar-refractivity contribution >= 4 is 38.5 Å². The van der Waals surface area contributed by atoms with Gasteiger partial charge in [0.25, 0.3) is 11.8 Å². The van der Waals surface area contributed by atoms with Crippen LogP contribution in [0.1, 0.15) is 52.7 Å². The first-order chi connectivity index (χ1) is 22.5. The van der Waals surface area contributed by atoms with Gasteiger partial charge in [-0.3, -0.25) is 14.3 Å². The van der Waals surface area contributed by atoms with E-state index in [4.69, 9.17) is 4.42 Å². The molecule has 1 fully saturated rings. The number of hydrogen-bond acceptors (Lipinski definition) is 8. The minimum Gasteiger partial charge on any atom is -0.455 e. The van der Waals surface area contributed by atoms with Crippen LogP contribution in [-0.2, 0) is 15.6 Å². The standard InChI is InChI=1S/C34H32FN5O6S/c1-3-14-47(44,45)40-27-17-28-26(29(32(43)36-2)30(46-28)20-8-10-23(35)11-9-20)16-25(27)21-6-4-7-22(15-21)31(42)39-34(18-24(41)19-34)33-37-12-5-13-38-33/h4-13,15-17,24,40-41H,3,14,18-19H2,1-2H3,(H,36,43)(H,39,42). The van der Waals surface area contributed by atoms with E-state index < -0.39 is 39.3 Å². The number of amides is 2. The van der Waals surface area contributed by atoms with E-state index in [2.05, 4.69) is 25.3 Å². The van der Waals surface area contributed by atoms with E-state index in [0.717, 1.165) is 0 Å². The lowest BCUT2D eigenvalue weighted by molar-refractivity contribution is -0.00344. The zero-order valence-corrected chi connectivity index (χ0v) is 26.4. The van der Waals surface area contributed by atoms with Gasteiger partial charge in [-0.1, -0.05) is 19.1 Å². The predicted octanol–water partition coefficient (Wildman–Crippen LogP) is 4.99. The summed E-state index contributed by atoms with van der Waals surface area (Å²) in [5.74, 6) is -0.910. The topological polar surface area (TPSA) is 164 Å². The summed E-state index contributed by atoms with van der Waals surface area (Å²) in [7, 11) is -2.30. The van der Waals surface area contributed by atoms with Crippen molar-refractivity contribution in [2.45, 2.75) is 37.8 Å². The quantitative estimate of drug-likeness (QED) is 0.163. The van der Waals surface area contributed by atoms with E-state index in [-0.39, 0.29) is 46.8 Å². The normalized spacial score (nSPS) is 17.6. The Kier molecular flexibility index (Phi) is 8.51. The maximum absolute atomic E-state index is 13.7. The number of aliphatic hydroxyl groups is 1. The van der Waals surface area contributed by atoms with Crippen molar-refractivity contribution in [3.8, 4) is 22.5 Å². The first-order valence-electron chi connectivity index (χ1n) is 15.0. The number of nitrogens with one attached hydrogen (secondary N) is 3. The van der Waals surface area contributed by atoms with Gasteiger partial charge in [-0.25, -0.2) is 22.8 Å². The predicted molar refractivity (Wildman–Crippen MR) is 175 cm³/mol. The number of fused-ring (bicyclic) bond motifs is 1. The molecule has 0 aliphatic heterocycles. The monoisotopic (exact) mass is 657 g/mol. The summed E-state index contributed by atoms with van der Waals surface area (Å²) in [4.78, 5) is 35.5. The summed E-state index contributed by atoms with van der Waals surface area (Å²) < 4.78 is 48.5. The fraction of sp³-hybridized carbons (Fsp3) is 0.235. The molecule has 3 aromatic carbocycles. The molecular formula is C34H32FN5O6S. The van der Waals surface area contributed by atoms with Crippen molar-refractivity contribution in [3.63, 3.8) is 0 Å². The van der Waals surface area contributed by atoms with Crippen molar-refractivity contribution in [2.75, 3.05) is 17.5 Å². The highest BCUT2D eigenvalue weighted by Crippen LogP contribution is 2.42. The van der Waals surface area contributed by atoms with Gasteiger partial charge in [-0.2, -0.15) is 0 Å². The van der Waals surface area contributed by atoms with Gasteiger partial charge in [-0.15, -0.1) is 0 Å². The van der Waals surface area contributed by atoms with Crippen molar-refractivity contribution in [1.29, 1.82) is 0 Å². The molecule has 0 saturated heterocycles. The van der Waals surface area contributed by atoms with Crippen molar-refractivity contribution < 1.29 is 31.9 Å². The number of nitrogens with zero attached hydrogens (tertiary/aromatic N) is 2. The van der Waals surface area contributed by atoms with Gasteiger partial charge >= 0.3 is 0 Å². The van der Waals surface area contributed by atoms with E-state index in [9.17, 15) is 27.5 Å². The molecular weight excluding hydrogens is 625 g/mol. The molecule has 47 heavy (non-hydrogen) atoms. The lowest BCUT2D eigenvalue weighted by Gasteiger charge is -2.44. The van der Waals surface area contributed by atoms with Gasteiger partial charge in [0.15, 0.2) is 5.82 Å².